The van der Waals surface area contributed by atoms with Crippen LogP contribution < -0.4 is 10.1 Å². The highest BCUT2D eigenvalue weighted by atomic mass is 16.5. The molecule has 0 spiro atoms. The van der Waals surface area contributed by atoms with E-state index < -0.39 is 6.10 Å². The Morgan fingerprint density at radius 3 is 2.71 bits per heavy atom. The number of anilines is 1. The summed E-state index contributed by atoms with van der Waals surface area (Å²) < 4.78 is 10.5. The van der Waals surface area contributed by atoms with Crippen molar-refractivity contribution in [1.82, 2.24) is 14.9 Å². The average molecular weight is 296 g/mol. The number of rotatable bonds is 6. The molecule has 0 saturated carbocycles. The Morgan fingerprint density at radius 2 is 2.05 bits per heavy atom. The molecule has 1 unspecified atom stereocenters. The van der Waals surface area contributed by atoms with Crippen LogP contribution in [0.4, 0.5) is 5.82 Å². The zero-order valence-electron chi connectivity index (χ0n) is 12.9. The highest BCUT2D eigenvalue weighted by Crippen LogP contribution is 2.21. The van der Waals surface area contributed by atoms with Crippen molar-refractivity contribution >= 4 is 5.82 Å². The number of hydrogen-bond donors (Lipinski definition) is 2. The lowest BCUT2D eigenvalue weighted by Gasteiger charge is -2.28. The minimum atomic E-state index is -0.455. The van der Waals surface area contributed by atoms with Gasteiger partial charge in [-0.2, -0.15) is 4.98 Å². The number of aryl methyl sites for hydroxylation is 1. The van der Waals surface area contributed by atoms with Gasteiger partial charge in [0.15, 0.2) is 0 Å². The first-order chi connectivity index (χ1) is 10.1. The molecule has 1 saturated heterocycles. The van der Waals surface area contributed by atoms with E-state index in [9.17, 15) is 5.11 Å². The van der Waals surface area contributed by atoms with Gasteiger partial charge in [0.1, 0.15) is 11.6 Å². The molecule has 1 aliphatic rings. The number of β-amino-alcohol motifs (C(OH)–C–C–N with tert-alkyl or cyclic N) is 1. The predicted molar refractivity (Wildman–Crippen MR) is 79.8 cm³/mol. The molecule has 2 N–H and O–H groups in total. The number of aliphatic hydroxyl groups excluding tert-OH is 1. The van der Waals surface area contributed by atoms with Gasteiger partial charge in [0.05, 0.1) is 32.0 Å². The molecule has 0 aromatic carbocycles. The van der Waals surface area contributed by atoms with Crippen LogP contribution in [0.3, 0.4) is 0 Å². The number of hydrogen-bond acceptors (Lipinski definition) is 7. The lowest BCUT2D eigenvalue weighted by Crippen LogP contribution is -2.42. The van der Waals surface area contributed by atoms with Gasteiger partial charge in [-0.05, 0) is 13.8 Å². The van der Waals surface area contributed by atoms with Crippen molar-refractivity contribution in [3.63, 3.8) is 0 Å². The SMILES string of the molecule is COc1nc(C)nc(NCC(O)CN2CCOCC2)c1C. The summed E-state index contributed by atoms with van der Waals surface area (Å²) in [5, 5.41) is 13.3. The van der Waals surface area contributed by atoms with E-state index in [1.807, 2.05) is 13.8 Å². The van der Waals surface area contributed by atoms with E-state index >= 15 is 0 Å². The van der Waals surface area contributed by atoms with Crippen LogP contribution in [-0.2, 0) is 4.74 Å². The van der Waals surface area contributed by atoms with Gasteiger partial charge in [0.2, 0.25) is 5.88 Å². The summed E-state index contributed by atoms with van der Waals surface area (Å²) in [6.07, 6.45) is -0.455. The molecule has 2 rings (SSSR count). The monoisotopic (exact) mass is 296 g/mol. The Bertz CT molecular complexity index is 464. The van der Waals surface area contributed by atoms with Crippen molar-refractivity contribution in [1.29, 1.82) is 0 Å². The van der Waals surface area contributed by atoms with Crippen LogP contribution in [0.5, 0.6) is 5.88 Å². The zero-order chi connectivity index (χ0) is 15.2. The van der Waals surface area contributed by atoms with Gasteiger partial charge in [-0.3, -0.25) is 4.90 Å². The van der Waals surface area contributed by atoms with Crippen molar-refractivity contribution < 1.29 is 14.6 Å². The fourth-order valence-corrected chi connectivity index (χ4v) is 2.33. The van der Waals surface area contributed by atoms with Gasteiger partial charge in [-0.15, -0.1) is 0 Å². The molecule has 0 aliphatic carbocycles. The minimum Gasteiger partial charge on any atom is -0.481 e. The van der Waals surface area contributed by atoms with Gasteiger partial charge in [-0.1, -0.05) is 0 Å². The zero-order valence-corrected chi connectivity index (χ0v) is 12.9. The fourth-order valence-electron chi connectivity index (χ4n) is 2.33. The normalized spacial score (nSPS) is 17.5. The predicted octanol–water partition coefficient (Wildman–Crippen LogP) is 0.207. The molecule has 1 fully saturated rings. The molecule has 1 aliphatic heterocycles. The maximum atomic E-state index is 10.1. The lowest BCUT2D eigenvalue weighted by molar-refractivity contribution is 0.0171. The number of nitrogens with zero attached hydrogens (tertiary/aromatic N) is 3. The standard InChI is InChI=1S/C14H24N4O3/c1-10-13(16-11(2)17-14(10)20-3)15-8-12(19)9-18-4-6-21-7-5-18/h12,19H,4-9H2,1-3H3,(H,15,16,17). The first kappa shape index (κ1) is 15.9. The number of morpholine rings is 1. The number of methoxy groups -OCH3 is 1. The number of aliphatic hydroxyl groups is 1. The maximum Gasteiger partial charge on any atom is 0.221 e. The first-order valence-electron chi connectivity index (χ1n) is 7.21. The third kappa shape index (κ3) is 4.52. The van der Waals surface area contributed by atoms with E-state index in [1.54, 1.807) is 7.11 Å². The highest BCUT2D eigenvalue weighted by Gasteiger charge is 2.16. The lowest BCUT2D eigenvalue weighted by atomic mass is 10.2. The molecule has 7 nitrogen and oxygen atoms in total. The van der Waals surface area contributed by atoms with Crippen molar-refractivity contribution in [2.75, 3.05) is 51.8 Å². The summed E-state index contributed by atoms with van der Waals surface area (Å²) in [6.45, 7) is 8.01. The molecule has 2 heterocycles. The van der Waals surface area contributed by atoms with Gasteiger partial charge >= 0.3 is 0 Å². The third-order valence-corrected chi connectivity index (χ3v) is 3.48. The van der Waals surface area contributed by atoms with E-state index in [0.29, 0.717) is 30.6 Å². The van der Waals surface area contributed by atoms with Crippen molar-refractivity contribution in [3.8, 4) is 5.88 Å². The second-order valence-corrected chi connectivity index (χ2v) is 5.20. The molecule has 1 atom stereocenters. The second-order valence-electron chi connectivity index (χ2n) is 5.20. The molecule has 118 valence electrons. The summed E-state index contributed by atoms with van der Waals surface area (Å²) in [6, 6.07) is 0. The summed E-state index contributed by atoms with van der Waals surface area (Å²) >= 11 is 0. The Kier molecular flexibility index (Phi) is 5.72. The molecular formula is C14H24N4O3. The Balaban J connectivity index is 1.88. The van der Waals surface area contributed by atoms with E-state index in [0.717, 1.165) is 31.9 Å². The highest BCUT2D eigenvalue weighted by molar-refractivity contribution is 5.48. The molecule has 7 heteroatoms. The molecule has 1 aromatic heterocycles. The van der Waals surface area contributed by atoms with E-state index in [2.05, 4.69) is 20.2 Å². The summed E-state index contributed by atoms with van der Waals surface area (Å²) in [4.78, 5) is 10.8. The molecule has 0 radical (unpaired) electrons. The topological polar surface area (TPSA) is 79.7 Å². The second kappa shape index (κ2) is 7.53. The minimum absolute atomic E-state index is 0.442. The Morgan fingerprint density at radius 1 is 1.33 bits per heavy atom. The Labute approximate surface area is 125 Å². The van der Waals surface area contributed by atoms with Crippen molar-refractivity contribution in [3.05, 3.63) is 11.4 Å². The summed E-state index contributed by atoms with van der Waals surface area (Å²) in [5.41, 5.74) is 0.849. The summed E-state index contributed by atoms with van der Waals surface area (Å²) in [7, 11) is 1.59. The maximum absolute atomic E-state index is 10.1. The molecule has 0 amide bonds. The quantitative estimate of drug-likeness (QED) is 0.776. The van der Waals surface area contributed by atoms with Crippen LogP contribution in [0, 0.1) is 13.8 Å². The van der Waals surface area contributed by atoms with Crippen LogP contribution >= 0.6 is 0 Å². The average Bonchev–Trinajstić information content (AvgIpc) is 2.48. The first-order valence-corrected chi connectivity index (χ1v) is 7.21. The van der Waals surface area contributed by atoms with Crippen LogP contribution in [0.1, 0.15) is 11.4 Å². The van der Waals surface area contributed by atoms with E-state index in [-0.39, 0.29) is 0 Å². The van der Waals surface area contributed by atoms with Crippen LogP contribution in [0.2, 0.25) is 0 Å². The van der Waals surface area contributed by atoms with Gasteiger partial charge in [0, 0.05) is 26.2 Å². The van der Waals surface area contributed by atoms with Gasteiger partial charge in [0.25, 0.3) is 0 Å². The van der Waals surface area contributed by atoms with E-state index in [1.165, 1.54) is 0 Å². The molecular weight excluding hydrogens is 272 g/mol. The molecule has 1 aromatic rings. The molecule has 21 heavy (non-hydrogen) atoms. The van der Waals surface area contributed by atoms with Crippen LogP contribution in [0.15, 0.2) is 0 Å². The van der Waals surface area contributed by atoms with Crippen LogP contribution in [-0.4, -0.2) is 72.6 Å². The largest absolute Gasteiger partial charge is 0.481 e. The van der Waals surface area contributed by atoms with E-state index in [4.69, 9.17) is 9.47 Å². The van der Waals surface area contributed by atoms with Crippen LogP contribution in [0.25, 0.3) is 0 Å². The smallest absolute Gasteiger partial charge is 0.221 e. The van der Waals surface area contributed by atoms with Gasteiger partial charge < -0.3 is 19.9 Å². The van der Waals surface area contributed by atoms with Gasteiger partial charge in [-0.25, -0.2) is 4.98 Å². The molecule has 0 bridgehead atoms. The summed E-state index contributed by atoms with van der Waals surface area (Å²) in [5.74, 6) is 1.91. The third-order valence-electron chi connectivity index (χ3n) is 3.48. The number of nitrogens with one attached hydrogen (secondary N) is 1. The van der Waals surface area contributed by atoms with Crippen molar-refractivity contribution in [2.24, 2.45) is 0 Å². The number of aromatic nitrogens is 2. The van der Waals surface area contributed by atoms with Crippen molar-refractivity contribution in [2.45, 2.75) is 20.0 Å². The fraction of sp³-hybridized carbons (Fsp3) is 0.714. The Hall–Kier alpha value is -1.44. The number of ether oxygens (including phenoxy) is 2.